The minimum Gasteiger partial charge on any atom is -0.507 e. The fourth-order valence-electron chi connectivity index (χ4n) is 1.55. The van der Waals surface area contributed by atoms with Gasteiger partial charge in [-0.15, -0.1) is 0 Å². The quantitative estimate of drug-likeness (QED) is 0.756. The van der Waals surface area contributed by atoms with Crippen LogP contribution in [0.1, 0.15) is 31.9 Å². The fraction of sp³-hybridized carbons (Fsp3) is 0.500. The molecule has 0 heterocycles. The molecule has 0 saturated heterocycles. The van der Waals surface area contributed by atoms with Crippen LogP contribution in [0.2, 0.25) is 0 Å². The van der Waals surface area contributed by atoms with Crippen LogP contribution in [-0.4, -0.2) is 11.7 Å². The monoisotopic (exact) mass is 193 g/mol. The lowest BCUT2D eigenvalue weighted by molar-refractivity contribution is 0.440. The van der Waals surface area contributed by atoms with Crippen LogP contribution in [0, 0.1) is 0 Å². The van der Waals surface area contributed by atoms with Gasteiger partial charge >= 0.3 is 0 Å². The van der Waals surface area contributed by atoms with Crippen LogP contribution in [0.5, 0.6) is 5.75 Å². The molecule has 0 aliphatic heterocycles. The third-order valence-corrected chi connectivity index (χ3v) is 2.34. The van der Waals surface area contributed by atoms with Crippen LogP contribution in [-0.2, 0) is 11.8 Å². The van der Waals surface area contributed by atoms with E-state index in [0.29, 0.717) is 12.3 Å². The van der Waals surface area contributed by atoms with E-state index < -0.39 is 0 Å². The summed E-state index contributed by atoms with van der Waals surface area (Å²) in [6.45, 7) is 6.85. The Morgan fingerprint density at radius 1 is 1.29 bits per heavy atom. The number of rotatable bonds is 2. The minimum absolute atomic E-state index is 0.0192. The lowest BCUT2D eigenvalue weighted by atomic mass is 9.85. The first kappa shape index (κ1) is 11.1. The first-order valence-electron chi connectivity index (χ1n) is 4.98. The molecule has 0 spiro atoms. The van der Waals surface area contributed by atoms with Gasteiger partial charge in [-0.3, -0.25) is 0 Å². The van der Waals surface area contributed by atoms with Gasteiger partial charge in [0, 0.05) is 0 Å². The van der Waals surface area contributed by atoms with E-state index in [1.54, 1.807) is 0 Å². The highest BCUT2D eigenvalue weighted by Crippen LogP contribution is 2.32. The number of phenols is 1. The zero-order valence-electron chi connectivity index (χ0n) is 9.17. The van der Waals surface area contributed by atoms with Crippen molar-refractivity contribution in [1.82, 2.24) is 0 Å². The van der Waals surface area contributed by atoms with E-state index in [0.717, 1.165) is 17.5 Å². The Hall–Kier alpha value is -1.02. The summed E-state index contributed by atoms with van der Waals surface area (Å²) >= 11 is 0. The predicted molar refractivity (Wildman–Crippen MR) is 59.6 cm³/mol. The zero-order chi connectivity index (χ0) is 10.8. The lowest BCUT2D eigenvalue weighted by Crippen LogP contribution is -2.12. The van der Waals surface area contributed by atoms with Crippen molar-refractivity contribution in [2.75, 3.05) is 6.54 Å². The minimum atomic E-state index is -0.0192. The fourth-order valence-corrected chi connectivity index (χ4v) is 1.55. The van der Waals surface area contributed by atoms with Crippen LogP contribution in [0.25, 0.3) is 0 Å². The Labute approximate surface area is 85.8 Å². The topological polar surface area (TPSA) is 46.2 Å². The van der Waals surface area contributed by atoms with E-state index >= 15 is 0 Å². The van der Waals surface area contributed by atoms with Crippen molar-refractivity contribution in [3.8, 4) is 5.75 Å². The molecule has 0 fully saturated rings. The Morgan fingerprint density at radius 2 is 1.93 bits per heavy atom. The highest BCUT2D eigenvalue weighted by Gasteiger charge is 2.19. The molecule has 0 aliphatic carbocycles. The molecule has 3 N–H and O–H groups in total. The molecule has 1 aromatic rings. The summed E-state index contributed by atoms with van der Waals surface area (Å²) < 4.78 is 0. The highest BCUT2D eigenvalue weighted by molar-refractivity contribution is 5.44. The van der Waals surface area contributed by atoms with Crippen LogP contribution < -0.4 is 5.73 Å². The second-order valence-corrected chi connectivity index (χ2v) is 4.60. The first-order valence-corrected chi connectivity index (χ1v) is 4.98. The maximum atomic E-state index is 10.00. The van der Waals surface area contributed by atoms with Gasteiger partial charge < -0.3 is 10.8 Å². The van der Waals surface area contributed by atoms with Crippen molar-refractivity contribution in [3.05, 3.63) is 29.3 Å². The van der Waals surface area contributed by atoms with E-state index in [4.69, 9.17) is 5.73 Å². The molecule has 0 unspecified atom stereocenters. The Morgan fingerprint density at radius 3 is 2.43 bits per heavy atom. The predicted octanol–water partition coefficient (Wildman–Crippen LogP) is 2.19. The molecular weight excluding hydrogens is 174 g/mol. The van der Waals surface area contributed by atoms with Crippen molar-refractivity contribution in [2.24, 2.45) is 5.73 Å². The summed E-state index contributed by atoms with van der Waals surface area (Å²) in [6, 6.07) is 5.87. The summed E-state index contributed by atoms with van der Waals surface area (Å²) in [6.07, 6.45) is 0.732. The zero-order valence-corrected chi connectivity index (χ0v) is 9.17. The Balaban J connectivity index is 3.14. The lowest BCUT2D eigenvalue weighted by Gasteiger charge is -2.21. The average Bonchev–Trinajstić information content (AvgIpc) is 2.07. The number of phenolic OH excluding ortho intramolecular Hbond substituents is 1. The van der Waals surface area contributed by atoms with Crippen molar-refractivity contribution < 1.29 is 5.11 Å². The van der Waals surface area contributed by atoms with Gasteiger partial charge in [0.1, 0.15) is 5.75 Å². The van der Waals surface area contributed by atoms with Crippen molar-refractivity contribution in [2.45, 2.75) is 32.6 Å². The van der Waals surface area contributed by atoms with Gasteiger partial charge in [0.25, 0.3) is 0 Å². The van der Waals surface area contributed by atoms with Gasteiger partial charge in [-0.05, 0) is 29.5 Å². The molecule has 1 aromatic carbocycles. The average molecular weight is 193 g/mol. The van der Waals surface area contributed by atoms with Gasteiger partial charge in [-0.2, -0.15) is 0 Å². The summed E-state index contributed by atoms with van der Waals surface area (Å²) in [5, 5.41) is 10.00. The second kappa shape index (κ2) is 4.01. The van der Waals surface area contributed by atoms with Crippen LogP contribution in [0.3, 0.4) is 0 Å². The third-order valence-electron chi connectivity index (χ3n) is 2.34. The third kappa shape index (κ3) is 2.26. The summed E-state index contributed by atoms with van der Waals surface area (Å²) in [4.78, 5) is 0. The molecule has 14 heavy (non-hydrogen) atoms. The molecule has 78 valence electrons. The smallest absolute Gasteiger partial charge is 0.122 e. The molecule has 0 aliphatic rings. The van der Waals surface area contributed by atoms with Crippen molar-refractivity contribution >= 4 is 0 Å². The number of hydrogen-bond acceptors (Lipinski definition) is 2. The maximum Gasteiger partial charge on any atom is 0.122 e. The van der Waals surface area contributed by atoms with Gasteiger partial charge in [0.2, 0.25) is 0 Å². The molecule has 2 heteroatoms. The number of hydrogen-bond donors (Lipinski definition) is 2. The largest absolute Gasteiger partial charge is 0.507 e. The molecule has 0 radical (unpaired) electrons. The van der Waals surface area contributed by atoms with E-state index in [1.165, 1.54) is 0 Å². The molecule has 2 nitrogen and oxygen atoms in total. The molecule has 0 aromatic heterocycles. The van der Waals surface area contributed by atoms with Gasteiger partial charge in [-0.1, -0.05) is 39.0 Å². The number of aromatic hydroxyl groups is 1. The maximum absolute atomic E-state index is 10.00. The number of benzene rings is 1. The van der Waals surface area contributed by atoms with Crippen LogP contribution in [0.15, 0.2) is 18.2 Å². The van der Waals surface area contributed by atoms with E-state index in [1.807, 2.05) is 18.2 Å². The number of para-hydroxylation sites is 1. The van der Waals surface area contributed by atoms with Gasteiger partial charge in [0.15, 0.2) is 0 Å². The van der Waals surface area contributed by atoms with Crippen LogP contribution >= 0.6 is 0 Å². The Bertz CT molecular complexity index is 313. The molecule has 0 amide bonds. The summed E-state index contributed by atoms with van der Waals surface area (Å²) in [7, 11) is 0. The van der Waals surface area contributed by atoms with Crippen molar-refractivity contribution in [3.63, 3.8) is 0 Å². The highest BCUT2D eigenvalue weighted by atomic mass is 16.3. The molecule has 0 atom stereocenters. The SMILES string of the molecule is CC(C)(C)c1cccc(CCN)c1O. The van der Waals surface area contributed by atoms with E-state index in [-0.39, 0.29) is 5.41 Å². The first-order chi connectivity index (χ1) is 6.46. The van der Waals surface area contributed by atoms with E-state index in [9.17, 15) is 5.11 Å². The summed E-state index contributed by atoms with van der Waals surface area (Å²) in [5.41, 5.74) is 7.39. The molecule has 1 rings (SSSR count). The molecular formula is C12H19NO. The standard InChI is InChI=1S/C12H19NO/c1-12(2,3)10-6-4-5-9(7-8-13)11(10)14/h4-6,14H,7-8,13H2,1-3H3. The Kier molecular flexibility index (Phi) is 3.17. The van der Waals surface area contributed by atoms with E-state index in [2.05, 4.69) is 20.8 Å². The molecule has 0 saturated carbocycles. The second-order valence-electron chi connectivity index (χ2n) is 4.60. The van der Waals surface area contributed by atoms with Gasteiger partial charge in [0.05, 0.1) is 0 Å². The summed E-state index contributed by atoms with van der Waals surface area (Å²) in [5.74, 6) is 0.408. The normalized spacial score (nSPS) is 11.7. The number of nitrogens with two attached hydrogens (primary N) is 1. The van der Waals surface area contributed by atoms with Gasteiger partial charge in [-0.25, -0.2) is 0 Å². The van der Waals surface area contributed by atoms with Crippen molar-refractivity contribution in [1.29, 1.82) is 0 Å². The molecule has 0 bridgehead atoms. The van der Waals surface area contributed by atoms with Crippen LogP contribution in [0.4, 0.5) is 0 Å².